The van der Waals surface area contributed by atoms with Crippen LogP contribution in [0.25, 0.3) is 11.4 Å². The van der Waals surface area contributed by atoms with Crippen molar-refractivity contribution < 1.29 is 23.1 Å². The summed E-state index contributed by atoms with van der Waals surface area (Å²) in [7, 11) is 0. The lowest BCUT2D eigenvalue weighted by molar-refractivity contribution is -0.138. The van der Waals surface area contributed by atoms with E-state index in [2.05, 4.69) is 35.1 Å². The van der Waals surface area contributed by atoms with Gasteiger partial charge < -0.3 is 35.4 Å². The van der Waals surface area contributed by atoms with E-state index in [9.17, 15) is 18.4 Å². The number of piperazine rings is 2. The molecule has 2 aromatic rings. The lowest BCUT2D eigenvalue weighted by Gasteiger charge is -2.36. The highest BCUT2D eigenvalue weighted by Crippen LogP contribution is 2.30. The minimum absolute atomic E-state index is 0.0196. The predicted octanol–water partition coefficient (Wildman–Crippen LogP) is 0.258. The Kier molecular flexibility index (Phi) is 10.8. The number of alkyl halides is 2. The molecular weight excluding hydrogens is 614 g/mol. The number of aromatic nitrogens is 5. The first-order valence-electron chi connectivity index (χ1n) is 16.6. The predicted molar refractivity (Wildman–Crippen MR) is 170 cm³/mol. The molecule has 0 aromatic carbocycles. The summed E-state index contributed by atoms with van der Waals surface area (Å²) in [4.78, 5) is 57.3. The summed E-state index contributed by atoms with van der Waals surface area (Å²) >= 11 is 0. The number of carbonyl (C=O) groups excluding carboxylic acids is 2. The lowest BCUT2D eigenvalue weighted by atomic mass is 10.0. The standard InChI is InChI=1S/C30H44F2N12O3/c31-26(32)25-22(20-35-28(33)36-25)27-37-29(39-30(38-27)44-15-17-47-18-16-44)43-13-11-42(12-14-43)24(46)2-1-23(45)41-9-7-40(8-10-41)6-4-21-3-5-34-19-21/h20-21,26,34H,1-19H2,(H2,33,35,36). The van der Waals surface area contributed by atoms with Crippen LogP contribution in [-0.2, 0) is 14.3 Å². The first kappa shape index (κ1) is 33.1. The number of halogens is 2. The molecule has 6 heterocycles. The van der Waals surface area contributed by atoms with E-state index >= 15 is 0 Å². The third kappa shape index (κ3) is 8.37. The normalized spacial score (nSPS) is 21.1. The van der Waals surface area contributed by atoms with Gasteiger partial charge in [-0.3, -0.25) is 14.5 Å². The molecule has 4 aliphatic heterocycles. The van der Waals surface area contributed by atoms with Gasteiger partial charge in [-0.2, -0.15) is 15.0 Å². The second-order valence-corrected chi connectivity index (χ2v) is 12.4. The maximum atomic E-state index is 13.9. The van der Waals surface area contributed by atoms with Gasteiger partial charge in [-0.05, 0) is 38.4 Å². The highest BCUT2D eigenvalue weighted by molar-refractivity contribution is 5.84. The molecule has 17 heteroatoms. The summed E-state index contributed by atoms with van der Waals surface area (Å²) < 4.78 is 33.3. The van der Waals surface area contributed by atoms with Gasteiger partial charge in [0.15, 0.2) is 5.82 Å². The van der Waals surface area contributed by atoms with Gasteiger partial charge in [-0.25, -0.2) is 18.7 Å². The highest BCUT2D eigenvalue weighted by atomic mass is 19.3. The van der Waals surface area contributed by atoms with Crippen molar-refractivity contribution >= 4 is 29.7 Å². The molecule has 0 aliphatic carbocycles. The van der Waals surface area contributed by atoms with Crippen molar-refractivity contribution in [1.29, 1.82) is 0 Å². The minimum atomic E-state index is -2.90. The number of hydrogen-bond donors (Lipinski definition) is 2. The summed E-state index contributed by atoms with van der Waals surface area (Å²) in [6.45, 7) is 10.2. The number of amides is 2. The average molecular weight is 659 g/mol. The maximum absolute atomic E-state index is 13.9. The first-order chi connectivity index (χ1) is 22.8. The smallest absolute Gasteiger partial charge is 0.281 e. The first-order valence-corrected chi connectivity index (χ1v) is 16.6. The van der Waals surface area contributed by atoms with Crippen LogP contribution in [0.4, 0.5) is 26.6 Å². The molecule has 15 nitrogen and oxygen atoms in total. The van der Waals surface area contributed by atoms with Crippen LogP contribution in [0.2, 0.25) is 0 Å². The Morgan fingerprint density at radius 3 is 2.09 bits per heavy atom. The molecule has 4 aliphatic rings. The molecule has 1 atom stereocenters. The van der Waals surface area contributed by atoms with Gasteiger partial charge in [0.1, 0.15) is 5.69 Å². The summed E-state index contributed by atoms with van der Waals surface area (Å²) in [6.07, 6.45) is 1.11. The van der Waals surface area contributed by atoms with Crippen molar-refractivity contribution in [3.8, 4) is 11.4 Å². The molecule has 2 aromatic heterocycles. The Morgan fingerprint density at radius 1 is 0.872 bits per heavy atom. The van der Waals surface area contributed by atoms with Gasteiger partial charge in [0, 0.05) is 84.5 Å². The lowest BCUT2D eigenvalue weighted by Crippen LogP contribution is -2.50. The molecule has 256 valence electrons. The van der Waals surface area contributed by atoms with E-state index in [0.717, 1.165) is 38.6 Å². The zero-order chi connectivity index (χ0) is 32.8. The molecule has 0 spiro atoms. The highest BCUT2D eigenvalue weighted by Gasteiger charge is 2.28. The zero-order valence-corrected chi connectivity index (χ0v) is 26.7. The SMILES string of the molecule is Nc1ncc(-c2nc(N3CCOCC3)nc(N3CCN(C(=O)CCC(=O)N4CCN(CCC5CCNC5)CC4)CC3)n2)c(C(F)F)n1. The van der Waals surface area contributed by atoms with Crippen LogP contribution in [-0.4, -0.2) is 150 Å². The van der Waals surface area contributed by atoms with Crippen LogP contribution in [0, 0.1) is 5.92 Å². The maximum Gasteiger partial charge on any atom is 0.281 e. The molecule has 47 heavy (non-hydrogen) atoms. The van der Waals surface area contributed by atoms with E-state index in [1.165, 1.54) is 19.0 Å². The molecule has 3 N–H and O–H groups in total. The fraction of sp³-hybridized carbons (Fsp3) is 0.700. The molecule has 2 amide bonds. The Labute approximate surface area is 272 Å². The number of hydrogen-bond acceptors (Lipinski definition) is 13. The van der Waals surface area contributed by atoms with Crippen molar-refractivity contribution in [1.82, 2.24) is 44.9 Å². The number of ether oxygens (including phenoxy) is 1. The van der Waals surface area contributed by atoms with Crippen LogP contribution in [0.3, 0.4) is 0 Å². The van der Waals surface area contributed by atoms with E-state index in [1.807, 2.05) is 14.7 Å². The Balaban J connectivity index is 1.03. The van der Waals surface area contributed by atoms with Crippen LogP contribution < -0.4 is 20.9 Å². The summed E-state index contributed by atoms with van der Waals surface area (Å²) in [5.74, 6) is 1.14. The van der Waals surface area contributed by atoms with E-state index in [1.54, 1.807) is 4.90 Å². The Bertz CT molecular complexity index is 1380. The van der Waals surface area contributed by atoms with Crippen molar-refractivity contribution in [2.45, 2.75) is 32.1 Å². The monoisotopic (exact) mass is 658 g/mol. The fourth-order valence-corrected chi connectivity index (χ4v) is 6.50. The van der Waals surface area contributed by atoms with E-state index in [4.69, 9.17) is 10.5 Å². The van der Waals surface area contributed by atoms with Crippen molar-refractivity contribution in [3.05, 3.63) is 11.9 Å². The van der Waals surface area contributed by atoms with Gasteiger partial charge in [0.05, 0.1) is 18.8 Å². The van der Waals surface area contributed by atoms with Gasteiger partial charge in [-0.15, -0.1) is 0 Å². The molecule has 0 radical (unpaired) electrons. The van der Waals surface area contributed by atoms with Gasteiger partial charge >= 0.3 is 0 Å². The number of nitrogen functional groups attached to an aromatic ring is 1. The number of carbonyl (C=O) groups is 2. The van der Waals surface area contributed by atoms with Gasteiger partial charge in [-0.1, -0.05) is 0 Å². The third-order valence-corrected chi connectivity index (χ3v) is 9.40. The second kappa shape index (κ2) is 15.4. The van der Waals surface area contributed by atoms with Gasteiger partial charge in [0.25, 0.3) is 6.43 Å². The molecule has 6 rings (SSSR count). The van der Waals surface area contributed by atoms with Crippen LogP contribution in [0.5, 0.6) is 0 Å². The third-order valence-electron chi connectivity index (χ3n) is 9.40. The number of nitrogens with one attached hydrogen (secondary N) is 1. The molecule has 4 fully saturated rings. The van der Waals surface area contributed by atoms with Crippen molar-refractivity contribution in [2.75, 3.05) is 114 Å². The Hall–Kier alpha value is -3.83. The second-order valence-electron chi connectivity index (χ2n) is 12.4. The number of nitrogens with zero attached hydrogens (tertiary/aromatic N) is 10. The molecule has 4 saturated heterocycles. The van der Waals surface area contributed by atoms with E-state index in [-0.39, 0.29) is 42.0 Å². The van der Waals surface area contributed by atoms with Crippen LogP contribution in [0.1, 0.15) is 37.8 Å². The average Bonchev–Trinajstić information content (AvgIpc) is 3.64. The number of nitrogens with two attached hydrogens (primary N) is 1. The molecule has 1 unspecified atom stereocenters. The quantitative estimate of drug-likeness (QED) is 0.358. The number of morpholine rings is 1. The molecule has 0 saturated carbocycles. The van der Waals surface area contributed by atoms with Crippen LogP contribution in [0.15, 0.2) is 6.20 Å². The number of anilines is 3. The fourth-order valence-electron chi connectivity index (χ4n) is 6.50. The zero-order valence-electron chi connectivity index (χ0n) is 26.7. The van der Waals surface area contributed by atoms with Gasteiger partial charge in [0.2, 0.25) is 29.7 Å². The topological polar surface area (TPSA) is 162 Å². The number of rotatable bonds is 10. The largest absolute Gasteiger partial charge is 0.378 e. The summed E-state index contributed by atoms with van der Waals surface area (Å²) in [5.41, 5.74) is 5.02. The van der Waals surface area contributed by atoms with E-state index < -0.39 is 12.1 Å². The van der Waals surface area contributed by atoms with Crippen molar-refractivity contribution in [2.24, 2.45) is 5.92 Å². The van der Waals surface area contributed by atoms with Crippen molar-refractivity contribution in [3.63, 3.8) is 0 Å². The summed E-state index contributed by atoms with van der Waals surface area (Å²) in [6, 6.07) is 0. The van der Waals surface area contributed by atoms with E-state index in [0.29, 0.717) is 77.5 Å². The molecular formula is C30H44F2N12O3. The minimum Gasteiger partial charge on any atom is -0.378 e. The molecule has 0 bridgehead atoms. The Morgan fingerprint density at radius 2 is 1.49 bits per heavy atom. The van der Waals surface area contributed by atoms with Crippen LogP contribution >= 0.6 is 0 Å². The summed E-state index contributed by atoms with van der Waals surface area (Å²) in [5, 5.41) is 3.42.